The molecule has 1 aliphatic carbocycles. The van der Waals surface area contributed by atoms with Crippen molar-refractivity contribution in [2.75, 3.05) is 11.5 Å². The first-order valence-electron chi connectivity index (χ1n) is 5.14. The molecule has 0 aliphatic heterocycles. The maximum absolute atomic E-state index is 10.1. The molecule has 0 bridgehead atoms. The van der Waals surface area contributed by atoms with Crippen LogP contribution >= 0.6 is 0 Å². The standard InChI is InChI=1S/C13H12N2O/c14-7-1-3-9-11(5-7)12-6-8(15)2-4-10(12)13(9)16/h1-6,13,16H,14-15H2. The number of nitrogen functional groups attached to an aromatic ring is 2. The molecular formula is C13H12N2O. The Kier molecular flexibility index (Phi) is 1.73. The van der Waals surface area contributed by atoms with Gasteiger partial charge in [-0.05, 0) is 46.5 Å². The average molecular weight is 212 g/mol. The molecule has 0 radical (unpaired) electrons. The van der Waals surface area contributed by atoms with Gasteiger partial charge >= 0.3 is 0 Å². The number of aliphatic hydroxyl groups excluding tert-OH is 1. The molecule has 2 aromatic rings. The smallest absolute Gasteiger partial charge is 0.105 e. The molecular weight excluding hydrogens is 200 g/mol. The first-order valence-corrected chi connectivity index (χ1v) is 5.14. The van der Waals surface area contributed by atoms with E-state index < -0.39 is 6.10 Å². The molecule has 3 nitrogen and oxygen atoms in total. The highest BCUT2D eigenvalue weighted by atomic mass is 16.3. The number of aliphatic hydroxyl groups is 1. The molecule has 3 rings (SSSR count). The Morgan fingerprint density at radius 3 is 1.69 bits per heavy atom. The lowest BCUT2D eigenvalue weighted by Gasteiger charge is -2.04. The Bertz CT molecular complexity index is 527. The fourth-order valence-corrected chi connectivity index (χ4v) is 2.26. The fraction of sp³-hybridized carbons (Fsp3) is 0.0769. The third-order valence-electron chi connectivity index (χ3n) is 3.03. The van der Waals surface area contributed by atoms with Gasteiger partial charge in [0.25, 0.3) is 0 Å². The van der Waals surface area contributed by atoms with E-state index in [4.69, 9.17) is 11.5 Å². The Morgan fingerprint density at radius 2 is 1.25 bits per heavy atom. The Balaban J connectivity index is 2.33. The van der Waals surface area contributed by atoms with Gasteiger partial charge in [-0.15, -0.1) is 0 Å². The first kappa shape index (κ1) is 9.24. The molecule has 3 heteroatoms. The van der Waals surface area contributed by atoms with Crippen LogP contribution in [0.2, 0.25) is 0 Å². The van der Waals surface area contributed by atoms with Gasteiger partial charge in [-0.3, -0.25) is 0 Å². The predicted octanol–water partition coefficient (Wildman–Crippen LogP) is 1.91. The number of hydrogen-bond donors (Lipinski definition) is 3. The van der Waals surface area contributed by atoms with Crippen molar-refractivity contribution >= 4 is 11.4 Å². The van der Waals surface area contributed by atoms with Crippen LogP contribution in [0.25, 0.3) is 11.1 Å². The molecule has 1 aliphatic rings. The van der Waals surface area contributed by atoms with Crippen LogP contribution in [-0.4, -0.2) is 5.11 Å². The minimum atomic E-state index is -0.564. The predicted molar refractivity (Wildman–Crippen MR) is 64.8 cm³/mol. The van der Waals surface area contributed by atoms with Gasteiger partial charge in [0.15, 0.2) is 0 Å². The Labute approximate surface area is 93.3 Å². The zero-order valence-electron chi connectivity index (χ0n) is 8.64. The van der Waals surface area contributed by atoms with Crippen LogP contribution in [0.15, 0.2) is 36.4 Å². The van der Waals surface area contributed by atoms with Crippen molar-refractivity contribution in [2.24, 2.45) is 0 Å². The van der Waals surface area contributed by atoms with E-state index in [2.05, 4.69) is 0 Å². The second-order valence-corrected chi connectivity index (χ2v) is 4.10. The molecule has 0 aromatic heterocycles. The number of fused-ring (bicyclic) bond motifs is 3. The summed E-state index contributed by atoms with van der Waals surface area (Å²) in [7, 11) is 0. The minimum Gasteiger partial charge on any atom is -0.399 e. The van der Waals surface area contributed by atoms with Gasteiger partial charge in [-0.1, -0.05) is 12.1 Å². The van der Waals surface area contributed by atoms with E-state index in [0.717, 1.165) is 22.3 Å². The number of hydrogen-bond acceptors (Lipinski definition) is 3. The van der Waals surface area contributed by atoms with Crippen molar-refractivity contribution < 1.29 is 5.11 Å². The van der Waals surface area contributed by atoms with Crippen molar-refractivity contribution in [3.63, 3.8) is 0 Å². The lowest BCUT2D eigenvalue weighted by atomic mass is 10.0. The van der Waals surface area contributed by atoms with Crippen molar-refractivity contribution in [1.82, 2.24) is 0 Å². The van der Waals surface area contributed by atoms with Crippen LogP contribution in [0, 0.1) is 0 Å². The summed E-state index contributed by atoms with van der Waals surface area (Å²) < 4.78 is 0. The highest BCUT2D eigenvalue weighted by Gasteiger charge is 2.26. The van der Waals surface area contributed by atoms with Crippen LogP contribution in [0.1, 0.15) is 17.2 Å². The molecule has 80 valence electrons. The van der Waals surface area contributed by atoms with E-state index in [9.17, 15) is 5.11 Å². The molecule has 0 fully saturated rings. The Morgan fingerprint density at radius 1 is 0.812 bits per heavy atom. The van der Waals surface area contributed by atoms with Crippen molar-refractivity contribution in [2.45, 2.75) is 6.10 Å². The molecule has 5 N–H and O–H groups in total. The second kappa shape index (κ2) is 3.00. The summed E-state index contributed by atoms with van der Waals surface area (Å²) in [6.07, 6.45) is -0.564. The molecule has 0 saturated carbocycles. The van der Waals surface area contributed by atoms with Gasteiger partial charge in [-0.2, -0.15) is 0 Å². The first-order chi connectivity index (χ1) is 7.66. The molecule has 16 heavy (non-hydrogen) atoms. The fourth-order valence-electron chi connectivity index (χ4n) is 2.26. The zero-order chi connectivity index (χ0) is 11.3. The maximum atomic E-state index is 10.1. The second-order valence-electron chi connectivity index (χ2n) is 4.10. The van der Waals surface area contributed by atoms with E-state index in [1.807, 2.05) is 24.3 Å². The summed E-state index contributed by atoms with van der Waals surface area (Å²) >= 11 is 0. The molecule has 0 saturated heterocycles. The largest absolute Gasteiger partial charge is 0.399 e. The lowest BCUT2D eigenvalue weighted by Crippen LogP contribution is -1.94. The van der Waals surface area contributed by atoms with Crippen LogP contribution in [-0.2, 0) is 0 Å². The molecule has 2 aromatic carbocycles. The summed E-state index contributed by atoms with van der Waals surface area (Å²) in [6, 6.07) is 11.1. The van der Waals surface area contributed by atoms with Gasteiger partial charge in [0.2, 0.25) is 0 Å². The summed E-state index contributed by atoms with van der Waals surface area (Å²) in [5.41, 5.74) is 16.7. The van der Waals surface area contributed by atoms with E-state index in [0.29, 0.717) is 11.4 Å². The topological polar surface area (TPSA) is 72.3 Å². The third kappa shape index (κ3) is 1.12. The lowest BCUT2D eigenvalue weighted by molar-refractivity contribution is 0.225. The SMILES string of the molecule is Nc1ccc2c(c1)-c1cc(N)ccc1C2O. The van der Waals surface area contributed by atoms with Crippen LogP contribution in [0.4, 0.5) is 11.4 Å². The normalized spacial score (nSPS) is 13.6. The van der Waals surface area contributed by atoms with Crippen molar-refractivity contribution in [1.29, 1.82) is 0 Å². The number of nitrogens with two attached hydrogens (primary N) is 2. The molecule has 0 spiro atoms. The highest BCUT2D eigenvalue weighted by Crippen LogP contribution is 2.44. The van der Waals surface area contributed by atoms with E-state index in [-0.39, 0.29) is 0 Å². The number of benzene rings is 2. The minimum absolute atomic E-state index is 0.564. The maximum Gasteiger partial charge on any atom is 0.105 e. The van der Waals surface area contributed by atoms with Crippen molar-refractivity contribution in [3.05, 3.63) is 47.5 Å². The quantitative estimate of drug-likeness (QED) is 0.584. The summed E-state index contributed by atoms with van der Waals surface area (Å²) in [5, 5.41) is 10.1. The zero-order valence-corrected chi connectivity index (χ0v) is 8.64. The molecule has 0 amide bonds. The van der Waals surface area contributed by atoms with Gasteiger partial charge in [0, 0.05) is 11.4 Å². The van der Waals surface area contributed by atoms with E-state index in [1.165, 1.54) is 0 Å². The summed E-state index contributed by atoms with van der Waals surface area (Å²) in [4.78, 5) is 0. The molecule has 0 heterocycles. The summed E-state index contributed by atoms with van der Waals surface area (Å²) in [6.45, 7) is 0. The van der Waals surface area contributed by atoms with E-state index >= 15 is 0 Å². The van der Waals surface area contributed by atoms with Gasteiger partial charge in [0.05, 0.1) is 0 Å². The molecule has 0 unspecified atom stereocenters. The van der Waals surface area contributed by atoms with Crippen molar-refractivity contribution in [3.8, 4) is 11.1 Å². The van der Waals surface area contributed by atoms with Gasteiger partial charge in [-0.25, -0.2) is 0 Å². The number of rotatable bonds is 0. The van der Waals surface area contributed by atoms with Crippen LogP contribution < -0.4 is 11.5 Å². The average Bonchev–Trinajstić information content (AvgIpc) is 2.52. The third-order valence-corrected chi connectivity index (χ3v) is 3.03. The molecule has 0 atom stereocenters. The van der Waals surface area contributed by atoms with Gasteiger partial charge < -0.3 is 16.6 Å². The number of anilines is 2. The Hall–Kier alpha value is -2.00. The van der Waals surface area contributed by atoms with Crippen LogP contribution in [0.3, 0.4) is 0 Å². The monoisotopic (exact) mass is 212 g/mol. The summed E-state index contributed by atoms with van der Waals surface area (Å²) in [5.74, 6) is 0. The highest BCUT2D eigenvalue weighted by molar-refractivity contribution is 5.82. The van der Waals surface area contributed by atoms with Crippen LogP contribution in [0.5, 0.6) is 0 Å². The van der Waals surface area contributed by atoms with E-state index in [1.54, 1.807) is 12.1 Å². The van der Waals surface area contributed by atoms with Gasteiger partial charge in [0.1, 0.15) is 6.10 Å².